The molecule has 0 radical (unpaired) electrons. The Balaban J connectivity index is 2.22. The Hall–Kier alpha value is -1.64. The zero-order valence-electron chi connectivity index (χ0n) is 10.3. The number of benzene rings is 2. The Bertz CT molecular complexity index is 575. The number of rotatable bonds is 1. The van der Waals surface area contributed by atoms with E-state index in [4.69, 9.17) is 0 Å². The minimum Gasteiger partial charge on any atom is -0.385 e. The Morgan fingerprint density at radius 3 is 2.06 bits per heavy atom. The van der Waals surface area contributed by atoms with Gasteiger partial charge < -0.3 is 10.2 Å². The third-order valence-electron chi connectivity index (χ3n) is 3.80. The van der Waals surface area contributed by atoms with E-state index in [1.54, 1.807) is 6.92 Å². The lowest BCUT2D eigenvalue weighted by molar-refractivity contribution is -0.0133. The van der Waals surface area contributed by atoms with E-state index in [0.29, 0.717) is 6.42 Å². The molecule has 1 aliphatic rings. The predicted molar refractivity (Wildman–Crippen MR) is 70.1 cm³/mol. The summed E-state index contributed by atoms with van der Waals surface area (Å²) in [5.74, 6) is 0. The Labute approximate surface area is 107 Å². The highest BCUT2D eigenvalue weighted by Gasteiger charge is 2.48. The van der Waals surface area contributed by atoms with Gasteiger partial charge in [-0.3, -0.25) is 0 Å². The van der Waals surface area contributed by atoms with Crippen molar-refractivity contribution in [3.05, 3.63) is 71.3 Å². The molecule has 92 valence electrons. The summed E-state index contributed by atoms with van der Waals surface area (Å²) >= 11 is 0. The first kappa shape index (κ1) is 11.5. The Morgan fingerprint density at radius 1 is 0.833 bits per heavy atom. The van der Waals surface area contributed by atoms with Crippen molar-refractivity contribution in [3.8, 4) is 0 Å². The minimum atomic E-state index is -1.10. The van der Waals surface area contributed by atoms with Gasteiger partial charge in [0.1, 0.15) is 5.60 Å². The fourth-order valence-corrected chi connectivity index (χ4v) is 2.97. The SMILES string of the molecule is C[C@@]1(O)C[C@](O)(c2ccccc2)c2ccccc21. The van der Waals surface area contributed by atoms with Gasteiger partial charge in [-0.15, -0.1) is 0 Å². The van der Waals surface area contributed by atoms with Crippen LogP contribution in [0, 0.1) is 0 Å². The molecule has 2 aromatic carbocycles. The highest BCUT2D eigenvalue weighted by atomic mass is 16.3. The number of hydrogen-bond acceptors (Lipinski definition) is 2. The van der Waals surface area contributed by atoms with Crippen molar-refractivity contribution < 1.29 is 10.2 Å². The maximum absolute atomic E-state index is 11.0. The van der Waals surface area contributed by atoms with Crippen LogP contribution in [0.15, 0.2) is 54.6 Å². The van der Waals surface area contributed by atoms with Gasteiger partial charge in [-0.25, -0.2) is 0 Å². The lowest BCUT2D eigenvalue weighted by atomic mass is 9.87. The van der Waals surface area contributed by atoms with Crippen LogP contribution in [0.25, 0.3) is 0 Å². The topological polar surface area (TPSA) is 40.5 Å². The standard InChI is InChI=1S/C16H16O2/c1-15(17)11-16(18,12-7-3-2-4-8-12)14-10-6-5-9-13(14)15/h2-10,17-18H,11H2,1H3/t15-,16+/m1/s1. The Kier molecular flexibility index (Phi) is 2.34. The van der Waals surface area contributed by atoms with Crippen LogP contribution in [0.3, 0.4) is 0 Å². The second-order valence-electron chi connectivity index (χ2n) is 5.22. The van der Waals surface area contributed by atoms with Gasteiger partial charge in [0.2, 0.25) is 0 Å². The number of hydrogen-bond donors (Lipinski definition) is 2. The summed E-state index contributed by atoms with van der Waals surface area (Å²) in [5.41, 5.74) is 0.371. The molecule has 2 heteroatoms. The van der Waals surface area contributed by atoms with E-state index in [1.807, 2.05) is 54.6 Å². The summed E-state index contributed by atoms with van der Waals surface area (Å²) in [6, 6.07) is 17.1. The summed E-state index contributed by atoms with van der Waals surface area (Å²) in [6.45, 7) is 1.76. The molecular weight excluding hydrogens is 224 g/mol. The normalized spacial score (nSPS) is 30.2. The third kappa shape index (κ3) is 1.50. The van der Waals surface area contributed by atoms with E-state index >= 15 is 0 Å². The van der Waals surface area contributed by atoms with Crippen molar-refractivity contribution in [2.75, 3.05) is 0 Å². The summed E-state index contributed by atoms with van der Waals surface area (Å²) in [6.07, 6.45) is 0.295. The van der Waals surface area contributed by atoms with Gasteiger partial charge in [0.15, 0.2) is 0 Å². The zero-order valence-corrected chi connectivity index (χ0v) is 10.3. The van der Waals surface area contributed by atoms with E-state index in [1.165, 1.54) is 0 Å². The molecule has 0 spiro atoms. The molecule has 2 N–H and O–H groups in total. The second-order valence-corrected chi connectivity index (χ2v) is 5.22. The number of fused-ring (bicyclic) bond motifs is 1. The van der Waals surface area contributed by atoms with Crippen LogP contribution < -0.4 is 0 Å². The molecule has 0 bridgehead atoms. The molecule has 2 atom stereocenters. The van der Waals surface area contributed by atoms with Crippen molar-refractivity contribution in [1.29, 1.82) is 0 Å². The first-order valence-electron chi connectivity index (χ1n) is 6.14. The fraction of sp³-hybridized carbons (Fsp3) is 0.250. The molecule has 1 aliphatic carbocycles. The van der Waals surface area contributed by atoms with Crippen LogP contribution in [0.5, 0.6) is 0 Å². The van der Waals surface area contributed by atoms with Crippen LogP contribution in [-0.2, 0) is 11.2 Å². The van der Waals surface area contributed by atoms with Gasteiger partial charge in [0, 0.05) is 6.42 Å². The highest BCUT2D eigenvalue weighted by Crippen LogP contribution is 2.49. The fourth-order valence-electron chi connectivity index (χ4n) is 2.97. The lowest BCUT2D eigenvalue weighted by Gasteiger charge is -2.26. The van der Waals surface area contributed by atoms with Crippen molar-refractivity contribution in [2.24, 2.45) is 0 Å². The number of aliphatic hydroxyl groups is 2. The van der Waals surface area contributed by atoms with Gasteiger partial charge in [0.25, 0.3) is 0 Å². The maximum Gasteiger partial charge on any atom is 0.118 e. The van der Waals surface area contributed by atoms with Gasteiger partial charge in [0.05, 0.1) is 5.60 Å². The monoisotopic (exact) mass is 240 g/mol. The minimum absolute atomic E-state index is 0.295. The largest absolute Gasteiger partial charge is 0.385 e. The molecule has 2 nitrogen and oxygen atoms in total. The molecule has 0 aromatic heterocycles. The highest BCUT2D eigenvalue weighted by molar-refractivity contribution is 5.48. The quantitative estimate of drug-likeness (QED) is 0.804. The zero-order chi connectivity index (χ0) is 12.8. The lowest BCUT2D eigenvalue weighted by Crippen LogP contribution is -2.27. The van der Waals surface area contributed by atoms with Gasteiger partial charge in [-0.2, -0.15) is 0 Å². The third-order valence-corrected chi connectivity index (χ3v) is 3.80. The predicted octanol–water partition coefficient (Wildman–Crippen LogP) is 2.53. The van der Waals surface area contributed by atoms with E-state index in [9.17, 15) is 10.2 Å². The van der Waals surface area contributed by atoms with Crippen molar-refractivity contribution in [1.82, 2.24) is 0 Å². The van der Waals surface area contributed by atoms with Crippen LogP contribution in [0.1, 0.15) is 30.0 Å². The van der Waals surface area contributed by atoms with Crippen molar-refractivity contribution >= 4 is 0 Å². The smallest absolute Gasteiger partial charge is 0.118 e. The molecule has 0 fully saturated rings. The van der Waals surface area contributed by atoms with Gasteiger partial charge >= 0.3 is 0 Å². The van der Waals surface area contributed by atoms with E-state index in [2.05, 4.69) is 0 Å². The van der Waals surface area contributed by atoms with E-state index in [-0.39, 0.29) is 0 Å². The van der Waals surface area contributed by atoms with E-state index < -0.39 is 11.2 Å². The molecule has 0 saturated carbocycles. The average molecular weight is 240 g/mol. The van der Waals surface area contributed by atoms with Crippen molar-refractivity contribution in [2.45, 2.75) is 24.5 Å². The summed E-state index contributed by atoms with van der Waals surface area (Å²) < 4.78 is 0. The molecule has 18 heavy (non-hydrogen) atoms. The molecular formula is C16H16O2. The molecule has 3 rings (SSSR count). The molecule has 0 aliphatic heterocycles. The van der Waals surface area contributed by atoms with Crippen LogP contribution in [0.2, 0.25) is 0 Å². The summed E-state index contributed by atoms with van der Waals surface area (Å²) in [7, 11) is 0. The van der Waals surface area contributed by atoms with Crippen LogP contribution in [0.4, 0.5) is 0 Å². The molecule has 0 heterocycles. The Morgan fingerprint density at radius 2 is 1.39 bits per heavy atom. The van der Waals surface area contributed by atoms with Gasteiger partial charge in [-0.1, -0.05) is 54.6 Å². The first-order valence-corrected chi connectivity index (χ1v) is 6.14. The van der Waals surface area contributed by atoms with Gasteiger partial charge in [-0.05, 0) is 23.6 Å². The second kappa shape index (κ2) is 3.67. The maximum atomic E-state index is 11.0. The van der Waals surface area contributed by atoms with Crippen LogP contribution >= 0.6 is 0 Å². The first-order chi connectivity index (χ1) is 8.54. The molecule has 0 amide bonds. The molecule has 0 unspecified atom stereocenters. The summed E-state index contributed by atoms with van der Waals surface area (Å²) in [4.78, 5) is 0. The average Bonchev–Trinajstić information content (AvgIpc) is 2.60. The molecule has 2 aromatic rings. The molecule has 0 saturated heterocycles. The summed E-state index contributed by atoms with van der Waals surface area (Å²) in [5, 5.41) is 21.5. The van der Waals surface area contributed by atoms with E-state index in [0.717, 1.165) is 16.7 Å². The van der Waals surface area contributed by atoms with Crippen LogP contribution in [-0.4, -0.2) is 10.2 Å². The van der Waals surface area contributed by atoms with Crippen molar-refractivity contribution in [3.63, 3.8) is 0 Å².